The van der Waals surface area contributed by atoms with Gasteiger partial charge in [-0.1, -0.05) is 25.0 Å². The monoisotopic (exact) mass is 233 g/mol. The van der Waals surface area contributed by atoms with Crippen molar-refractivity contribution in [2.45, 2.75) is 38.0 Å². The molecule has 2 atom stereocenters. The number of benzene rings is 1. The van der Waals surface area contributed by atoms with Gasteiger partial charge in [-0.05, 0) is 55.3 Å². The summed E-state index contributed by atoms with van der Waals surface area (Å²) in [5, 5.41) is 0. The number of rotatable bonds is 4. The summed E-state index contributed by atoms with van der Waals surface area (Å²) in [6.07, 6.45) is 6.55. The van der Waals surface area contributed by atoms with E-state index in [1.165, 1.54) is 31.2 Å². The molecule has 94 valence electrons. The Morgan fingerprint density at radius 1 is 1.18 bits per heavy atom. The molecule has 0 saturated heterocycles. The van der Waals surface area contributed by atoms with E-state index in [0.717, 1.165) is 24.6 Å². The van der Waals surface area contributed by atoms with Gasteiger partial charge >= 0.3 is 0 Å². The van der Waals surface area contributed by atoms with Crippen LogP contribution in [-0.2, 0) is 0 Å². The highest BCUT2D eigenvalue weighted by Crippen LogP contribution is 2.39. The molecule has 2 heteroatoms. The molecule has 1 aliphatic rings. The van der Waals surface area contributed by atoms with Crippen molar-refractivity contribution in [3.05, 3.63) is 29.8 Å². The van der Waals surface area contributed by atoms with E-state index >= 15 is 0 Å². The van der Waals surface area contributed by atoms with E-state index in [2.05, 4.69) is 24.3 Å². The molecule has 0 heterocycles. The molecule has 0 spiro atoms. The Bertz CT molecular complexity index is 331. The lowest BCUT2D eigenvalue weighted by Crippen LogP contribution is -2.20. The lowest BCUT2D eigenvalue weighted by atomic mass is 9.74. The largest absolute Gasteiger partial charge is 0.497 e. The van der Waals surface area contributed by atoms with E-state index in [0.29, 0.717) is 5.92 Å². The lowest BCUT2D eigenvalue weighted by Gasteiger charge is -2.31. The quantitative estimate of drug-likeness (QED) is 0.866. The predicted octanol–water partition coefficient (Wildman–Crippen LogP) is 3.32. The topological polar surface area (TPSA) is 35.2 Å². The highest BCUT2D eigenvalue weighted by molar-refractivity contribution is 5.30. The van der Waals surface area contributed by atoms with E-state index in [-0.39, 0.29) is 0 Å². The Kier molecular flexibility index (Phi) is 4.43. The molecule has 0 radical (unpaired) electrons. The van der Waals surface area contributed by atoms with E-state index in [9.17, 15) is 0 Å². The van der Waals surface area contributed by atoms with Crippen LogP contribution >= 0.6 is 0 Å². The molecule has 1 fully saturated rings. The number of hydrogen-bond donors (Lipinski definition) is 1. The average Bonchev–Trinajstić information content (AvgIpc) is 2.40. The first-order chi connectivity index (χ1) is 8.35. The van der Waals surface area contributed by atoms with E-state index < -0.39 is 0 Å². The molecule has 2 N–H and O–H groups in total. The minimum absolute atomic E-state index is 0.707. The summed E-state index contributed by atoms with van der Waals surface area (Å²) in [5.41, 5.74) is 7.19. The molecule has 0 aromatic heterocycles. The second kappa shape index (κ2) is 6.06. The van der Waals surface area contributed by atoms with E-state index in [4.69, 9.17) is 10.5 Å². The van der Waals surface area contributed by atoms with Gasteiger partial charge in [-0.2, -0.15) is 0 Å². The van der Waals surface area contributed by atoms with Gasteiger partial charge in [0.25, 0.3) is 0 Å². The molecular weight excluding hydrogens is 210 g/mol. The molecule has 2 unspecified atom stereocenters. The summed E-state index contributed by atoms with van der Waals surface area (Å²) >= 11 is 0. The van der Waals surface area contributed by atoms with Crippen LogP contribution in [0.3, 0.4) is 0 Å². The predicted molar refractivity (Wildman–Crippen MR) is 71.4 cm³/mol. The molecule has 1 aliphatic carbocycles. The van der Waals surface area contributed by atoms with Gasteiger partial charge < -0.3 is 10.5 Å². The maximum absolute atomic E-state index is 5.73. The van der Waals surface area contributed by atoms with Crippen LogP contribution in [-0.4, -0.2) is 13.7 Å². The van der Waals surface area contributed by atoms with Gasteiger partial charge in [0.05, 0.1) is 7.11 Å². The SMILES string of the molecule is COc1ccc(C2CCCCC2CCN)cc1. The third-order valence-electron chi connectivity index (χ3n) is 3.99. The molecule has 1 aromatic carbocycles. The van der Waals surface area contributed by atoms with Crippen LogP contribution in [0.4, 0.5) is 0 Å². The Morgan fingerprint density at radius 3 is 2.53 bits per heavy atom. The van der Waals surface area contributed by atoms with Gasteiger partial charge in [-0.15, -0.1) is 0 Å². The normalized spacial score (nSPS) is 24.6. The maximum atomic E-state index is 5.73. The zero-order valence-electron chi connectivity index (χ0n) is 10.7. The molecule has 1 saturated carbocycles. The standard InChI is InChI=1S/C15H23NO/c1-17-14-8-6-13(7-9-14)15-5-3-2-4-12(15)10-11-16/h6-9,12,15H,2-5,10-11,16H2,1H3. The third kappa shape index (κ3) is 3.01. The molecule has 17 heavy (non-hydrogen) atoms. The minimum Gasteiger partial charge on any atom is -0.497 e. The van der Waals surface area contributed by atoms with Gasteiger partial charge in [-0.25, -0.2) is 0 Å². The Balaban J connectivity index is 2.11. The molecule has 1 aromatic rings. The fourth-order valence-electron chi connectivity index (χ4n) is 3.06. The molecule has 0 bridgehead atoms. The van der Waals surface area contributed by atoms with Crippen LogP contribution in [0.5, 0.6) is 5.75 Å². The van der Waals surface area contributed by atoms with Crippen LogP contribution in [0, 0.1) is 5.92 Å². The van der Waals surface area contributed by atoms with Crippen molar-refractivity contribution in [3.63, 3.8) is 0 Å². The molecule has 0 aliphatic heterocycles. The summed E-state index contributed by atoms with van der Waals surface area (Å²) in [4.78, 5) is 0. The van der Waals surface area contributed by atoms with Crippen LogP contribution in [0.1, 0.15) is 43.6 Å². The maximum Gasteiger partial charge on any atom is 0.118 e. The summed E-state index contributed by atoms with van der Waals surface area (Å²) in [6.45, 7) is 0.817. The smallest absolute Gasteiger partial charge is 0.118 e. The average molecular weight is 233 g/mol. The molecule has 0 amide bonds. The fourth-order valence-corrected chi connectivity index (χ4v) is 3.06. The van der Waals surface area contributed by atoms with Crippen LogP contribution in [0.25, 0.3) is 0 Å². The Hall–Kier alpha value is -1.02. The minimum atomic E-state index is 0.707. The summed E-state index contributed by atoms with van der Waals surface area (Å²) < 4.78 is 5.21. The zero-order valence-corrected chi connectivity index (χ0v) is 10.7. The third-order valence-corrected chi connectivity index (χ3v) is 3.99. The Morgan fingerprint density at radius 2 is 1.88 bits per heavy atom. The number of ether oxygens (including phenoxy) is 1. The molecule has 2 nitrogen and oxygen atoms in total. The van der Waals surface area contributed by atoms with E-state index in [1.807, 2.05) is 0 Å². The summed E-state index contributed by atoms with van der Waals surface area (Å²) in [7, 11) is 1.72. The van der Waals surface area contributed by atoms with Crippen molar-refractivity contribution in [2.24, 2.45) is 11.7 Å². The first kappa shape index (κ1) is 12.4. The van der Waals surface area contributed by atoms with Gasteiger partial charge in [0.15, 0.2) is 0 Å². The van der Waals surface area contributed by atoms with Crippen molar-refractivity contribution in [1.29, 1.82) is 0 Å². The van der Waals surface area contributed by atoms with Crippen LogP contribution in [0.15, 0.2) is 24.3 Å². The van der Waals surface area contributed by atoms with Crippen molar-refractivity contribution >= 4 is 0 Å². The highest BCUT2D eigenvalue weighted by Gasteiger charge is 2.25. The summed E-state index contributed by atoms with van der Waals surface area (Å²) in [6, 6.07) is 8.59. The van der Waals surface area contributed by atoms with Gasteiger partial charge in [0.1, 0.15) is 5.75 Å². The van der Waals surface area contributed by atoms with Gasteiger partial charge in [0, 0.05) is 0 Å². The fraction of sp³-hybridized carbons (Fsp3) is 0.600. The number of methoxy groups -OCH3 is 1. The second-order valence-electron chi connectivity index (χ2n) is 5.00. The van der Waals surface area contributed by atoms with Crippen molar-refractivity contribution in [2.75, 3.05) is 13.7 Å². The van der Waals surface area contributed by atoms with E-state index in [1.54, 1.807) is 7.11 Å². The Labute approximate surface area is 104 Å². The van der Waals surface area contributed by atoms with Gasteiger partial charge in [0.2, 0.25) is 0 Å². The van der Waals surface area contributed by atoms with Crippen LogP contribution in [0.2, 0.25) is 0 Å². The van der Waals surface area contributed by atoms with Gasteiger partial charge in [-0.3, -0.25) is 0 Å². The lowest BCUT2D eigenvalue weighted by molar-refractivity contribution is 0.294. The summed E-state index contributed by atoms with van der Waals surface area (Å²) in [5.74, 6) is 2.43. The first-order valence-corrected chi connectivity index (χ1v) is 6.69. The zero-order chi connectivity index (χ0) is 12.1. The number of nitrogens with two attached hydrogens (primary N) is 1. The first-order valence-electron chi connectivity index (χ1n) is 6.69. The number of hydrogen-bond acceptors (Lipinski definition) is 2. The van der Waals surface area contributed by atoms with Crippen molar-refractivity contribution < 1.29 is 4.74 Å². The van der Waals surface area contributed by atoms with Crippen LogP contribution < -0.4 is 10.5 Å². The van der Waals surface area contributed by atoms with Crippen molar-refractivity contribution in [3.8, 4) is 5.75 Å². The molecular formula is C15H23NO. The molecule has 2 rings (SSSR count). The highest BCUT2D eigenvalue weighted by atomic mass is 16.5. The van der Waals surface area contributed by atoms with Crippen molar-refractivity contribution in [1.82, 2.24) is 0 Å². The second-order valence-corrected chi connectivity index (χ2v) is 5.00.